The molecule has 2 rings (SSSR count). The Morgan fingerprint density at radius 3 is 2.50 bits per heavy atom. The summed E-state index contributed by atoms with van der Waals surface area (Å²) >= 11 is 0. The summed E-state index contributed by atoms with van der Waals surface area (Å²) in [6.07, 6.45) is 1.04. The van der Waals surface area contributed by atoms with Crippen molar-refractivity contribution in [3.8, 4) is 0 Å². The second kappa shape index (κ2) is 5.83. The standard InChI is InChI=1S/C15H21N3/c1-12-15(13(2)18(3)17-12)9-10-16-11-14-7-5-4-6-8-14/h4-8,16H,9-11H2,1-3H3. The molecule has 0 spiro atoms. The molecule has 0 fully saturated rings. The van der Waals surface area contributed by atoms with Crippen molar-refractivity contribution in [3.05, 3.63) is 52.8 Å². The highest BCUT2D eigenvalue weighted by Crippen LogP contribution is 2.11. The Morgan fingerprint density at radius 2 is 1.89 bits per heavy atom. The van der Waals surface area contributed by atoms with Crippen LogP contribution in [-0.2, 0) is 20.0 Å². The van der Waals surface area contributed by atoms with Gasteiger partial charge in [0.2, 0.25) is 0 Å². The topological polar surface area (TPSA) is 29.9 Å². The maximum Gasteiger partial charge on any atom is 0.0628 e. The predicted molar refractivity (Wildman–Crippen MR) is 74.5 cm³/mol. The van der Waals surface area contributed by atoms with E-state index >= 15 is 0 Å². The van der Waals surface area contributed by atoms with Crippen LogP contribution >= 0.6 is 0 Å². The Balaban J connectivity index is 1.82. The Kier molecular flexibility index (Phi) is 4.15. The Hall–Kier alpha value is -1.61. The summed E-state index contributed by atoms with van der Waals surface area (Å²) in [6.45, 7) is 6.13. The van der Waals surface area contributed by atoms with Crippen molar-refractivity contribution in [2.75, 3.05) is 6.54 Å². The van der Waals surface area contributed by atoms with Crippen molar-refractivity contribution < 1.29 is 0 Å². The van der Waals surface area contributed by atoms with Gasteiger partial charge in [0.15, 0.2) is 0 Å². The van der Waals surface area contributed by atoms with Crippen LogP contribution in [0.15, 0.2) is 30.3 Å². The molecule has 1 aromatic carbocycles. The van der Waals surface area contributed by atoms with Gasteiger partial charge in [-0.3, -0.25) is 4.68 Å². The fourth-order valence-electron chi connectivity index (χ4n) is 2.22. The van der Waals surface area contributed by atoms with Gasteiger partial charge in [0.05, 0.1) is 5.69 Å². The number of nitrogens with one attached hydrogen (secondary N) is 1. The molecule has 0 saturated carbocycles. The Labute approximate surface area is 109 Å². The molecular weight excluding hydrogens is 222 g/mol. The van der Waals surface area contributed by atoms with E-state index in [1.807, 2.05) is 17.8 Å². The molecular formula is C15H21N3. The van der Waals surface area contributed by atoms with Crippen molar-refractivity contribution >= 4 is 0 Å². The molecule has 0 atom stereocenters. The first-order chi connectivity index (χ1) is 8.68. The van der Waals surface area contributed by atoms with Crippen molar-refractivity contribution in [2.24, 2.45) is 7.05 Å². The maximum atomic E-state index is 4.44. The average molecular weight is 243 g/mol. The number of hydrogen-bond acceptors (Lipinski definition) is 2. The van der Waals surface area contributed by atoms with Crippen LogP contribution in [0.4, 0.5) is 0 Å². The molecule has 0 aliphatic rings. The van der Waals surface area contributed by atoms with E-state index in [2.05, 4.69) is 48.5 Å². The second-order valence-corrected chi connectivity index (χ2v) is 4.69. The summed E-state index contributed by atoms with van der Waals surface area (Å²) in [6, 6.07) is 10.5. The number of hydrogen-bond donors (Lipinski definition) is 1. The Morgan fingerprint density at radius 1 is 1.17 bits per heavy atom. The average Bonchev–Trinajstić information content (AvgIpc) is 2.61. The third-order valence-electron chi connectivity index (χ3n) is 3.38. The minimum absolute atomic E-state index is 0.930. The van der Waals surface area contributed by atoms with Gasteiger partial charge in [-0.1, -0.05) is 30.3 Å². The van der Waals surface area contributed by atoms with E-state index < -0.39 is 0 Å². The zero-order valence-electron chi connectivity index (χ0n) is 11.4. The van der Waals surface area contributed by atoms with Gasteiger partial charge in [0.1, 0.15) is 0 Å². The van der Waals surface area contributed by atoms with Crippen LogP contribution in [0.25, 0.3) is 0 Å². The fraction of sp³-hybridized carbons (Fsp3) is 0.400. The molecule has 2 aromatic rings. The zero-order valence-corrected chi connectivity index (χ0v) is 11.4. The number of benzene rings is 1. The summed E-state index contributed by atoms with van der Waals surface area (Å²) in [4.78, 5) is 0. The van der Waals surface area contributed by atoms with Gasteiger partial charge in [-0.2, -0.15) is 5.10 Å². The van der Waals surface area contributed by atoms with Crippen LogP contribution in [-0.4, -0.2) is 16.3 Å². The minimum atomic E-state index is 0.930. The van der Waals surface area contributed by atoms with E-state index in [1.165, 1.54) is 16.8 Å². The first-order valence-electron chi connectivity index (χ1n) is 6.42. The molecule has 1 aromatic heterocycles. The number of aromatic nitrogens is 2. The third kappa shape index (κ3) is 2.99. The van der Waals surface area contributed by atoms with Crippen LogP contribution < -0.4 is 5.32 Å². The summed E-state index contributed by atoms with van der Waals surface area (Å²) in [5, 5.41) is 7.91. The highest BCUT2D eigenvalue weighted by atomic mass is 15.3. The van der Waals surface area contributed by atoms with Gasteiger partial charge < -0.3 is 5.32 Å². The summed E-state index contributed by atoms with van der Waals surface area (Å²) in [5.41, 5.74) is 5.13. The first-order valence-corrected chi connectivity index (χ1v) is 6.42. The number of nitrogens with zero attached hydrogens (tertiary/aromatic N) is 2. The fourth-order valence-corrected chi connectivity index (χ4v) is 2.22. The van der Waals surface area contributed by atoms with Crippen LogP contribution in [0.3, 0.4) is 0 Å². The quantitative estimate of drug-likeness (QED) is 0.817. The summed E-state index contributed by atoms with van der Waals surface area (Å²) in [7, 11) is 2.00. The normalized spacial score (nSPS) is 10.8. The van der Waals surface area contributed by atoms with Crippen LogP contribution in [0, 0.1) is 13.8 Å². The molecule has 1 heterocycles. The maximum absolute atomic E-state index is 4.44. The van der Waals surface area contributed by atoms with E-state index in [0.29, 0.717) is 0 Å². The van der Waals surface area contributed by atoms with Crippen LogP contribution in [0.5, 0.6) is 0 Å². The molecule has 0 unspecified atom stereocenters. The lowest BCUT2D eigenvalue weighted by atomic mass is 10.1. The Bertz CT molecular complexity index is 500. The van der Waals surface area contributed by atoms with E-state index in [9.17, 15) is 0 Å². The summed E-state index contributed by atoms with van der Waals surface area (Å²) < 4.78 is 1.96. The van der Waals surface area contributed by atoms with Gasteiger partial charge in [-0.05, 0) is 37.9 Å². The largest absolute Gasteiger partial charge is 0.312 e. The smallest absolute Gasteiger partial charge is 0.0628 e. The van der Waals surface area contributed by atoms with Crippen LogP contribution in [0.1, 0.15) is 22.5 Å². The van der Waals surface area contributed by atoms with Gasteiger partial charge in [-0.15, -0.1) is 0 Å². The van der Waals surface area contributed by atoms with Gasteiger partial charge in [0, 0.05) is 19.3 Å². The lowest BCUT2D eigenvalue weighted by molar-refractivity contribution is 0.682. The minimum Gasteiger partial charge on any atom is -0.312 e. The highest BCUT2D eigenvalue weighted by molar-refractivity contribution is 5.24. The third-order valence-corrected chi connectivity index (χ3v) is 3.38. The number of rotatable bonds is 5. The molecule has 96 valence electrons. The highest BCUT2D eigenvalue weighted by Gasteiger charge is 2.08. The van der Waals surface area contributed by atoms with Crippen molar-refractivity contribution in [3.63, 3.8) is 0 Å². The van der Waals surface area contributed by atoms with Crippen molar-refractivity contribution in [2.45, 2.75) is 26.8 Å². The van der Waals surface area contributed by atoms with E-state index in [-0.39, 0.29) is 0 Å². The van der Waals surface area contributed by atoms with Gasteiger partial charge >= 0.3 is 0 Å². The number of aryl methyl sites for hydroxylation is 2. The molecule has 1 N–H and O–H groups in total. The molecule has 3 nitrogen and oxygen atoms in total. The molecule has 0 aliphatic heterocycles. The van der Waals surface area contributed by atoms with E-state index in [1.54, 1.807) is 0 Å². The first kappa shape index (κ1) is 12.8. The second-order valence-electron chi connectivity index (χ2n) is 4.69. The predicted octanol–water partition coefficient (Wildman–Crippen LogP) is 2.37. The molecule has 0 radical (unpaired) electrons. The molecule has 3 heteroatoms. The summed E-state index contributed by atoms with van der Waals surface area (Å²) in [5.74, 6) is 0. The molecule has 0 aliphatic carbocycles. The molecule has 18 heavy (non-hydrogen) atoms. The van der Waals surface area contributed by atoms with Crippen molar-refractivity contribution in [1.29, 1.82) is 0 Å². The SMILES string of the molecule is Cc1nn(C)c(C)c1CCNCc1ccccc1. The van der Waals surface area contributed by atoms with Crippen LogP contribution in [0.2, 0.25) is 0 Å². The monoisotopic (exact) mass is 243 g/mol. The lowest BCUT2D eigenvalue weighted by Crippen LogP contribution is -2.17. The molecule has 0 amide bonds. The molecule has 0 saturated heterocycles. The zero-order chi connectivity index (χ0) is 13.0. The molecule has 0 bridgehead atoms. The van der Waals surface area contributed by atoms with Crippen molar-refractivity contribution in [1.82, 2.24) is 15.1 Å². The van der Waals surface area contributed by atoms with E-state index in [4.69, 9.17) is 0 Å². The van der Waals surface area contributed by atoms with Gasteiger partial charge in [0.25, 0.3) is 0 Å². The lowest BCUT2D eigenvalue weighted by Gasteiger charge is -2.05. The van der Waals surface area contributed by atoms with Gasteiger partial charge in [-0.25, -0.2) is 0 Å². The van der Waals surface area contributed by atoms with E-state index in [0.717, 1.165) is 25.2 Å².